The fourth-order valence-electron chi connectivity index (χ4n) is 4.22. The van der Waals surface area contributed by atoms with Crippen LogP contribution in [0, 0.1) is 11.8 Å². The van der Waals surface area contributed by atoms with Crippen molar-refractivity contribution in [2.24, 2.45) is 11.8 Å². The van der Waals surface area contributed by atoms with Gasteiger partial charge < -0.3 is 5.32 Å². The Kier molecular flexibility index (Phi) is 3.95. The Morgan fingerprint density at radius 3 is 2.50 bits per heavy atom. The van der Waals surface area contributed by atoms with Gasteiger partial charge in [0, 0.05) is 24.7 Å². The van der Waals surface area contributed by atoms with E-state index in [9.17, 15) is 0 Å². The molecule has 4 unspecified atom stereocenters. The van der Waals surface area contributed by atoms with Crippen LogP contribution in [0.15, 0.2) is 0 Å². The van der Waals surface area contributed by atoms with Gasteiger partial charge in [-0.3, -0.25) is 4.90 Å². The highest BCUT2D eigenvalue weighted by molar-refractivity contribution is 4.91. The van der Waals surface area contributed by atoms with E-state index in [2.05, 4.69) is 24.1 Å². The van der Waals surface area contributed by atoms with E-state index in [-0.39, 0.29) is 0 Å². The van der Waals surface area contributed by atoms with E-state index in [0.29, 0.717) is 0 Å². The second kappa shape index (κ2) is 5.50. The zero-order chi connectivity index (χ0) is 12.5. The van der Waals surface area contributed by atoms with Crippen LogP contribution in [0.5, 0.6) is 0 Å². The first-order valence-electron chi connectivity index (χ1n) is 8.22. The van der Waals surface area contributed by atoms with E-state index in [4.69, 9.17) is 0 Å². The summed E-state index contributed by atoms with van der Waals surface area (Å²) in [5.74, 6) is 1.87. The summed E-state index contributed by atoms with van der Waals surface area (Å²) >= 11 is 0. The number of likely N-dealkylation sites (tertiary alicyclic amines) is 1. The summed E-state index contributed by atoms with van der Waals surface area (Å²) in [4.78, 5) is 2.82. The standard InChI is InChI=1S/C16H30N2/c1-12-5-8-16(13(2)10-12)18-9-3-4-15(11-18)17-14-6-7-14/h12-17H,3-11H2,1-2H3. The summed E-state index contributed by atoms with van der Waals surface area (Å²) in [5.41, 5.74) is 0. The van der Waals surface area contributed by atoms with E-state index < -0.39 is 0 Å². The maximum Gasteiger partial charge on any atom is 0.0198 e. The number of nitrogens with zero attached hydrogens (tertiary/aromatic N) is 1. The van der Waals surface area contributed by atoms with Gasteiger partial charge in [-0.2, -0.15) is 0 Å². The largest absolute Gasteiger partial charge is 0.310 e. The van der Waals surface area contributed by atoms with Crippen molar-refractivity contribution in [1.29, 1.82) is 0 Å². The van der Waals surface area contributed by atoms with Crippen molar-refractivity contribution >= 4 is 0 Å². The van der Waals surface area contributed by atoms with Crippen LogP contribution in [-0.4, -0.2) is 36.1 Å². The van der Waals surface area contributed by atoms with Crippen molar-refractivity contribution in [3.8, 4) is 0 Å². The van der Waals surface area contributed by atoms with E-state index in [1.165, 1.54) is 58.0 Å². The molecule has 3 fully saturated rings. The Balaban J connectivity index is 1.54. The normalized spacial score (nSPS) is 43.0. The fraction of sp³-hybridized carbons (Fsp3) is 1.00. The predicted octanol–water partition coefficient (Wildman–Crippen LogP) is 3.03. The number of rotatable bonds is 3. The lowest BCUT2D eigenvalue weighted by Gasteiger charge is -2.44. The Bertz CT molecular complexity index is 274. The van der Waals surface area contributed by atoms with Gasteiger partial charge >= 0.3 is 0 Å². The minimum Gasteiger partial charge on any atom is -0.310 e. The first kappa shape index (κ1) is 12.9. The second-order valence-electron chi connectivity index (χ2n) is 7.24. The van der Waals surface area contributed by atoms with Crippen LogP contribution < -0.4 is 5.32 Å². The number of nitrogens with one attached hydrogen (secondary N) is 1. The van der Waals surface area contributed by atoms with Crippen molar-refractivity contribution < 1.29 is 0 Å². The molecule has 0 bridgehead atoms. The summed E-state index contributed by atoms with van der Waals surface area (Å²) < 4.78 is 0. The fourth-order valence-corrected chi connectivity index (χ4v) is 4.22. The minimum absolute atomic E-state index is 0.790. The third kappa shape index (κ3) is 3.08. The molecule has 2 nitrogen and oxygen atoms in total. The van der Waals surface area contributed by atoms with Gasteiger partial charge in [0.1, 0.15) is 0 Å². The molecule has 0 aromatic rings. The van der Waals surface area contributed by atoms with Gasteiger partial charge in [-0.25, -0.2) is 0 Å². The van der Waals surface area contributed by atoms with Crippen molar-refractivity contribution in [3.63, 3.8) is 0 Å². The van der Waals surface area contributed by atoms with Crippen LogP contribution >= 0.6 is 0 Å². The first-order valence-corrected chi connectivity index (χ1v) is 8.22. The van der Waals surface area contributed by atoms with E-state index in [0.717, 1.165) is 30.0 Å². The molecule has 2 aliphatic carbocycles. The van der Waals surface area contributed by atoms with Crippen LogP contribution in [0.4, 0.5) is 0 Å². The Labute approximate surface area is 113 Å². The van der Waals surface area contributed by atoms with Crippen molar-refractivity contribution in [2.45, 2.75) is 76.9 Å². The monoisotopic (exact) mass is 250 g/mol. The van der Waals surface area contributed by atoms with Gasteiger partial charge in [0.05, 0.1) is 0 Å². The highest BCUT2D eigenvalue weighted by Gasteiger charge is 2.34. The molecule has 1 saturated heterocycles. The quantitative estimate of drug-likeness (QED) is 0.828. The zero-order valence-corrected chi connectivity index (χ0v) is 12.2. The number of piperidine rings is 1. The van der Waals surface area contributed by atoms with Crippen LogP contribution in [0.1, 0.15) is 58.8 Å². The number of hydrogen-bond donors (Lipinski definition) is 1. The molecular weight excluding hydrogens is 220 g/mol. The summed E-state index contributed by atoms with van der Waals surface area (Å²) in [6, 6.07) is 2.54. The molecule has 3 rings (SSSR count). The highest BCUT2D eigenvalue weighted by atomic mass is 15.2. The Morgan fingerprint density at radius 1 is 0.944 bits per heavy atom. The van der Waals surface area contributed by atoms with Crippen molar-refractivity contribution in [2.75, 3.05) is 13.1 Å². The third-order valence-corrected chi connectivity index (χ3v) is 5.36. The molecule has 2 heteroatoms. The minimum atomic E-state index is 0.790. The zero-order valence-electron chi connectivity index (χ0n) is 12.2. The summed E-state index contributed by atoms with van der Waals surface area (Å²) in [6.07, 6.45) is 10.0. The first-order chi connectivity index (χ1) is 8.72. The van der Waals surface area contributed by atoms with Crippen LogP contribution in [0.3, 0.4) is 0 Å². The Morgan fingerprint density at radius 2 is 1.78 bits per heavy atom. The van der Waals surface area contributed by atoms with E-state index >= 15 is 0 Å². The predicted molar refractivity (Wildman–Crippen MR) is 76.7 cm³/mol. The Hall–Kier alpha value is -0.0800. The molecular formula is C16H30N2. The molecule has 3 aliphatic rings. The molecule has 0 amide bonds. The maximum atomic E-state index is 3.84. The molecule has 0 radical (unpaired) electrons. The number of hydrogen-bond acceptors (Lipinski definition) is 2. The maximum absolute atomic E-state index is 3.84. The molecule has 18 heavy (non-hydrogen) atoms. The molecule has 104 valence electrons. The topological polar surface area (TPSA) is 15.3 Å². The summed E-state index contributed by atoms with van der Waals surface area (Å²) in [7, 11) is 0. The van der Waals surface area contributed by atoms with Gasteiger partial charge in [0.25, 0.3) is 0 Å². The SMILES string of the molecule is CC1CCC(N2CCCC(NC3CC3)C2)C(C)C1. The lowest BCUT2D eigenvalue weighted by Crippen LogP contribution is -2.52. The molecule has 0 aromatic heterocycles. The second-order valence-corrected chi connectivity index (χ2v) is 7.24. The van der Waals surface area contributed by atoms with Gasteiger partial charge in [-0.15, -0.1) is 0 Å². The molecule has 2 saturated carbocycles. The highest BCUT2D eigenvalue weighted by Crippen LogP contribution is 2.33. The molecule has 1 aliphatic heterocycles. The van der Waals surface area contributed by atoms with E-state index in [1.54, 1.807) is 0 Å². The molecule has 4 atom stereocenters. The molecule has 1 N–H and O–H groups in total. The molecule has 1 heterocycles. The van der Waals surface area contributed by atoms with Gasteiger partial charge in [-0.1, -0.05) is 13.8 Å². The molecule has 0 spiro atoms. The smallest absolute Gasteiger partial charge is 0.0198 e. The molecule has 0 aromatic carbocycles. The van der Waals surface area contributed by atoms with Crippen LogP contribution in [-0.2, 0) is 0 Å². The van der Waals surface area contributed by atoms with Crippen LogP contribution in [0.25, 0.3) is 0 Å². The average Bonchev–Trinajstić information content (AvgIpc) is 3.13. The van der Waals surface area contributed by atoms with Crippen LogP contribution in [0.2, 0.25) is 0 Å². The van der Waals surface area contributed by atoms with Gasteiger partial charge in [0.15, 0.2) is 0 Å². The van der Waals surface area contributed by atoms with Gasteiger partial charge in [-0.05, 0) is 63.3 Å². The lowest BCUT2D eigenvalue weighted by atomic mass is 9.78. The van der Waals surface area contributed by atoms with Crippen molar-refractivity contribution in [1.82, 2.24) is 10.2 Å². The third-order valence-electron chi connectivity index (χ3n) is 5.36. The van der Waals surface area contributed by atoms with Gasteiger partial charge in [0.2, 0.25) is 0 Å². The average molecular weight is 250 g/mol. The summed E-state index contributed by atoms with van der Waals surface area (Å²) in [6.45, 7) is 7.59. The van der Waals surface area contributed by atoms with Crippen molar-refractivity contribution in [3.05, 3.63) is 0 Å². The van der Waals surface area contributed by atoms with E-state index in [1.807, 2.05) is 0 Å². The lowest BCUT2D eigenvalue weighted by molar-refractivity contribution is 0.0636. The summed E-state index contributed by atoms with van der Waals surface area (Å²) in [5, 5.41) is 3.84.